The maximum Gasteiger partial charge on any atom is 0.206 e. The van der Waals surface area contributed by atoms with Crippen LogP contribution in [0.2, 0.25) is 0 Å². The first-order valence-electron chi connectivity index (χ1n) is 10.1. The number of alkyl halides is 1. The van der Waals surface area contributed by atoms with Crippen molar-refractivity contribution in [2.24, 2.45) is 0 Å². The lowest BCUT2D eigenvalue weighted by Crippen LogP contribution is -2.21. The molecule has 1 aliphatic heterocycles. The maximum atomic E-state index is 13.5. The molecule has 3 aromatic rings. The smallest absolute Gasteiger partial charge is 0.206 e. The zero-order valence-electron chi connectivity index (χ0n) is 16.9. The van der Waals surface area contributed by atoms with Gasteiger partial charge in [-0.1, -0.05) is 54.6 Å². The minimum absolute atomic E-state index is 0.212. The Hall–Kier alpha value is -2.83. The summed E-state index contributed by atoms with van der Waals surface area (Å²) in [5.74, 6) is -0.291. The van der Waals surface area contributed by atoms with Crippen LogP contribution < -0.4 is 0 Å². The highest BCUT2D eigenvalue weighted by atomic mass is 32.2. The predicted molar refractivity (Wildman–Crippen MR) is 118 cm³/mol. The molecular weight excluding hydrogens is 416 g/mol. The van der Waals surface area contributed by atoms with E-state index in [2.05, 4.69) is 0 Å². The second kappa shape index (κ2) is 9.12. The van der Waals surface area contributed by atoms with Gasteiger partial charge in [-0.05, 0) is 53.4 Å². The Morgan fingerprint density at radius 2 is 1.52 bits per heavy atom. The van der Waals surface area contributed by atoms with E-state index in [1.807, 2.05) is 17.1 Å². The summed E-state index contributed by atoms with van der Waals surface area (Å²) in [6, 6.07) is 19.7. The molecule has 0 saturated carbocycles. The van der Waals surface area contributed by atoms with Gasteiger partial charge in [-0.2, -0.15) is 0 Å². The molecule has 4 rings (SSSR count). The first-order chi connectivity index (χ1) is 14.9. The molecule has 1 atom stereocenters. The molecule has 160 valence electrons. The third-order valence-corrected chi connectivity index (χ3v) is 7.27. The second-order valence-electron chi connectivity index (χ2n) is 7.69. The average Bonchev–Trinajstić information content (AvgIpc) is 3.18. The molecule has 1 fully saturated rings. The number of halogens is 2. The Morgan fingerprint density at radius 1 is 0.903 bits per heavy atom. The van der Waals surface area contributed by atoms with Crippen molar-refractivity contribution in [2.45, 2.75) is 28.9 Å². The van der Waals surface area contributed by atoms with E-state index in [4.69, 9.17) is 0 Å². The molecule has 1 saturated heterocycles. The van der Waals surface area contributed by atoms with Crippen LogP contribution in [0.4, 0.5) is 8.78 Å². The van der Waals surface area contributed by atoms with Gasteiger partial charge in [-0.25, -0.2) is 17.2 Å². The lowest BCUT2D eigenvalue weighted by molar-refractivity contribution is 0.281. The van der Waals surface area contributed by atoms with E-state index in [9.17, 15) is 17.2 Å². The lowest BCUT2D eigenvalue weighted by atomic mass is 10.1. The van der Waals surface area contributed by atoms with Gasteiger partial charge < -0.3 is 0 Å². The van der Waals surface area contributed by atoms with E-state index in [-0.39, 0.29) is 15.6 Å². The normalized spacial score (nSPS) is 17.4. The number of hydrogen-bond donors (Lipinski definition) is 0. The summed E-state index contributed by atoms with van der Waals surface area (Å²) in [7, 11) is -3.70. The van der Waals surface area contributed by atoms with E-state index < -0.39 is 16.0 Å². The Morgan fingerprint density at radius 3 is 2.13 bits per heavy atom. The third kappa shape index (κ3) is 5.09. The lowest BCUT2D eigenvalue weighted by Gasteiger charge is -2.17. The molecule has 0 aromatic heterocycles. The number of nitrogens with zero attached hydrogens (tertiary/aromatic N) is 1. The standard InChI is InChI=1S/C25H23F2NO2S/c26-22-11-7-19(8-12-22)5-6-20-9-13-24(14-10-20)31(29,30)25-4-2-1-3-21(25)17-28-16-15-23(27)18-28/h1-14,23H,15-18H2/t23-/m1/s1. The van der Waals surface area contributed by atoms with Gasteiger partial charge in [0.15, 0.2) is 0 Å². The third-order valence-electron chi connectivity index (χ3n) is 5.40. The number of rotatable bonds is 6. The highest BCUT2D eigenvalue weighted by Gasteiger charge is 2.25. The average molecular weight is 440 g/mol. The molecule has 0 amide bonds. The summed E-state index contributed by atoms with van der Waals surface area (Å²) in [6.45, 7) is 1.38. The topological polar surface area (TPSA) is 37.4 Å². The number of hydrogen-bond acceptors (Lipinski definition) is 3. The molecular formula is C25H23F2NO2S. The van der Waals surface area contributed by atoms with Crippen molar-refractivity contribution >= 4 is 22.0 Å². The maximum absolute atomic E-state index is 13.5. The van der Waals surface area contributed by atoms with Gasteiger partial charge in [-0.15, -0.1) is 0 Å². The van der Waals surface area contributed by atoms with Crippen LogP contribution in [0, 0.1) is 5.82 Å². The summed E-state index contributed by atoms with van der Waals surface area (Å²) in [5.41, 5.74) is 2.36. The molecule has 3 aromatic carbocycles. The minimum Gasteiger partial charge on any atom is -0.296 e. The van der Waals surface area contributed by atoms with Gasteiger partial charge >= 0.3 is 0 Å². The largest absolute Gasteiger partial charge is 0.296 e. The van der Waals surface area contributed by atoms with Crippen LogP contribution in [0.1, 0.15) is 23.1 Å². The van der Waals surface area contributed by atoms with Gasteiger partial charge in [0, 0.05) is 19.6 Å². The summed E-state index contributed by atoms with van der Waals surface area (Å²) in [5, 5.41) is 0. The van der Waals surface area contributed by atoms with E-state index in [1.165, 1.54) is 12.1 Å². The minimum atomic E-state index is -3.70. The van der Waals surface area contributed by atoms with Crippen LogP contribution in [0.25, 0.3) is 12.2 Å². The Labute approximate surface area is 181 Å². The number of benzene rings is 3. The Bertz CT molecular complexity index is 1170. The second-order valence-corrected chi connectivity index (χ2v) is 9.60. The summed E-state index contributed by atoms with van der Waals surface area (Å²) in [6.07, 6.45) is 3.33. The fraction of sp³-hybridized carbons (Fsp3) is 0.200. The zero-order chi connectivity index (χ0) is 21.8. The van der Waals surface area contributed by atoms with Crippen LogP contribution in [0.15, 0.2) is 82.6 Å². The van der Waals surface area contributed by atoms with Crippen molar-refractivity contribution in [2.75, 3.05) is 13.1 Å². The Kier molecular flexibility index (Phi) is 6.30. The Balaban J connectivity index is 1.54. The highest BCUT2D eigenvalue weighted by Crippen LogP contribution is 2.27. The molecule has 31 heavy (non-hydrogen) atoms. The predicted octanol–water partition coefficient (Wildman–Crippen LogP) is 5.37. The van der Waals surface area contributed by atoms with Crippen LogP contribution in [-0.4, -0.2) is 32.6 Å². The van der Waals surface area contributed by atoms with Crippen molar-refractivity contribution in [3.8, 4) is 0 Å². The fourth-order valence-electron chi connectivity index (χ4n) is 3.72. The summed E-state index contributed by atoms with van der Waals surface area (Å²) < 4.78 is 53.1. The molecule has 0 unspecified atom stereocenters. The number of sulfone groups is 1. The first-order valence-corrected chi connectivity index (χ1v) is 11.6. The molecule has 1 aliphatic rings. The van der Waals surface area contributed by atoms with E-state index >= 15 is 0 Å². The van der Waals surface area contributed by atoms with Crippen molar-refractivity contribution in [3.05, 3.63) is 95.3 Å². The van der Waals surface area contributed by atoms with Crippen LogP contribution in [0.3, 0.4) is 0 Å². The van der Waals surface area contributed by atoms with Crippen LogP contribution in [-0.2, 0) is 16.4 Å². The van der Waals surface area contributed by atoms with Gasteiger partial charge in [0.05, 0.1) is 9.79 Å². The van der Waals surface area contributed by atoms with E-state index in [1.54, 1.807) is 60.7 Å². The molecule has 0 aliphatic carbocycles. The molecule has 0 radical (unpaired) electrons. The van der Waals surface area contributed by atoms with Gasteiger partial charge in [0.25, 0.3) is 0 Å². The monoisotopic (exact) mass is 439 g/mol. The molecule has 3 nitrogen and oxygen atoms in total. The summed E-state index contributed by atoms with van der Waals surface area (Å²) in [4.78, 5) is 2.41. The van der Waals surface area contributed by atoms with Crippen molar-refractivity contribution in [1.82, 2.24) is 4.90 Å². The fourth-order valence-corrected chi connectivity index (χ4v) is 5.20. The van der Waals surface area contributed by atoms with Crippen LogP contribution >= 0.6 is 0 Å². The van der Waals surface area contributed by atoms with Crippen molar-refractivity contribution < 1.29 is 17.2 Å². The van der Waals surface area contributed by atoms with Crippen LogP contribution in [0.5, 0.6) is 0 Å². The molecule has 0 bridgehead atoms. The van der Waals surface area contributed by atoms with Crippen molar-refractivity contribution in [1.29, 1.82) is 0 Å². The zero-order valence-corrected chi connectivity index (χ0v) is 17.7. The first kappa shape index (κ1) is 21.4. The van der Waals surface area contributed by atoms with Crippen molar-refractivity contribution in [3.63, 3.8) is 0 Å². The molecule has 6 heteroatoms. The molecule has 0 spiro atoms. The van der Waals surface area contributed by atoms with Gasteiger partial charge in [0.1, 0.15) is 12.0 Å². The van der Waals surface area contributed by atoms with Gasteiger partial charge in [0.2, 0.25) is 9.84 Å². The molecule has 0 N–H and O–H groups in total. The van der Waals surface area contributed by atoms with Gasteiger partial charge in [-0.3, -0.25) is 4.90 Å². The van der Waals surface area contributed by atoms with E-state index in [0.717, 1.165) is 11.1 Å². The summed E-state index contributed by atoms with van der Waals surface area (Å²) >= 11 is 0. The highest BCUT2D eigenvalue weighted by molar-refractivity contribution is 7.91. The SMILES string of the molecule is O=S(=O)(c1ccc(C=Cc2ccc(F)cc2)cc1)c1ccccc1CN1CC[C@@H](F)C1. The molecule has 1 heterocycles. The van der Waals surface area contributed by atoms with E-state index in [0.29, 0.717) is 31.6 Å². The number of likely N-dealkylation sites (tertiary alicyclic amines) is 1. The quantitative estimate of drug-likeness (QED) is 0.485.